The molecule has 1 amide bonds. The standard InChI is InChI=1S/C20H27N3OS/c1-4-9-22(3)12-16-7-10-23(13-16)20(24)18-5-6-19(21-15(18)2)17-8-11-25-14-17/h5-6,8,11,14,16H,4,7,9-10,12-13H2,1-3H3. The summed E-state index contributed by atoms with van der Waals surface area (Å²) in [5.74, 6) is 0.710. The van der Waals surface area contributed by atoms with Gasteiger partial charge in [0.2, 0.25) is 0 Å². The molecule has 4 nitrogen and oxygen atoms in total. The summed E-state index contributed by atoms with van der Waals surface area (Å²) in [5, 5.41) is 4.13. The fourth-order valence-electron chi connectivity index (χ4n) is 3.61. The molecule has 0 saturated carbocycles. The Balaban J connectivity index is 1.65. The lowest BCUT2D eigenvalue weighted by atomic mass is 10.1. The van der Waals surface area contributed by atoms with E-state index in [0.29, 0.717) is 5.92 Å². The van der Waals surface area contributed by atoms with Gasteiger partial charge < -0.3 is 9.80 Å². The van der Waals surface area contributed by atoms with Gasteiger partial charge in [-0.3, -0.25) is 9.78 Å². The van der Waals surface area contributed by atoms with Crippen molar-refractivity contribution in [3.05, 3.63) is 40.2 Å². The zero-order valence-corrected chi connectivity index (χ0v) is 16.2. The number of aromatic nitrogens is 1. The highest BCUT2D eigenvalue weighted by Crippen LogP contribution is 2.24. The lowest BCUT2D eigenvalue weighted by molar-refractivity contribution is 0.0783. The van der Waals surface area contributed by atoms with Gasteiger partial charge in [-0.1, -0.05) is 6.92 Å². The lowest BCUT2D eigenvalue weighted by Gasteiger charge is -2.21. The van der Waals surface area contributed by atoms with Crippen LogP contribution in [0.4, 0.5) is 0 Å². The quantitative estimate of drug-likeness (QED) is 0.786. The molecule has 0 radical (unpaired) electrons. The molecule has 1 fully saturated rings. The molecular formula is C20H27N3OS. The number of likely N-dealkylation sites (tertiary alicyclic amines) is 1. The molecule has 2 aromatic rings. The minimum atomic E-state index is 0.127. The van der Waals surface area contributed by atoms with Crippen LogP contribution in [0.2, 0.25) is 0 Å². The Kier molecular flexibility index (Phi) is 5.86. The van der Waals surface area contributed by atoms with Gasteiger partial charge in [-0.2, -0.15) is 11.3 Å². The van der Waals surface area contributed by atoms with Crippen LogP contribution in [0.3, 0.4) is 0 Å². The van der Waals surface area contributed by atoms with Crippen LogP contribution in [0.15, 0.2) is 29.0 Å². The molecule has 0 spiro atoms. The number of amides is 1. The number of pyridine rings is 1. The van der Waals surface area contributed by atoms with E-state index in [1.807, 2.05) is 29.3 Å². The van der Waals surface area contributed by atoms with Gasteiger partial charge in [0.25, 0.3) is 5.91 Å². The lowest BCUT2D eigenvalue weighted by Crippen LogP contribution is -2.32. The monoisotopic (exact) mass is 357 g/mol. The maximum atomic E-state index is 12.9. The summed E-state index contributed by atoms with van der Waals surface area (Å²) in [5.41, 5.74) is 3.62. The molecule has 1 aliphatic heterocycles. The Labute approximate surface area is 154 Å². The number of carbonyl (C=O) groups is 1. The highest BCUT2D eigenvalue weighted by atomic mass is 32.1. The molecule has 1 saturated heterocycles. The van der Waals surface area contributed by atoms with Gasteiger partial charge in [-0.15, -0.1) is 0 Å². The third-order valence-corrected chi connectivity index (χ3v) is 5.56. The first kappa shape index (κ1) is 18.1. The number of hydrogen-bond acceptors (Lipinski definition) is 4. The summed E-state index contributed by atoms with van der Waals surface area (Å²) in [6.07, 6.45) is 2.27. The third-order valence-electron chi connectivity index (χ3n) is 4.88. The van der Waals surface area contributed by atoms with Crippen LogP contribution in [0.1, 0.15) is 35.8 Å². The van der Waals surface area contributed by atoms with E-state index in [0.717, 1.165) is 55.1 Å². The highest BCUT2D eigenvalue weighted by molar-refractivity contribution is 7.08. The number of nitrogens with zero attached hydrogens (tertiary/aromatic N) is 3. The minimum Gasteiger partial charge on any atom is -0.338 e. The molecule has 1 atom stereocenters. The van der Waals surface area contributed by atoms with Gasteiger partial charge in [-0.25, -0.2) is 0 Å². The van der Waals surface area contributed by atoms with Crippen LogP contribution in [0.5, 0.6) is 0 Å². The van der Waals surface area contributed by atoms with Crippen molar-refractivity contribution in [3.8, 4) is 11.3 Å². The van der Waals surface area contributed by atoms with Gasteiger partial charge in [0.05, 0.1) is 17.0 Å². The van der Waals surface area contributed by atoms with Crippen LogP contribution < -0.4 is 0 Å². The zero-order valence-electron chi connectivity index (χ0n) is 15.4. The molecule has 3 rings (SSSR count). The molecule has 1 aliphatic rings. The molecule has 0 aromatic carbocycles. The summed E-state index contributed by atoms with van der Waals surface area (Å²) in [6, 6.07) is 5.96. The van der Waals surface area contributed by atoms with Crippen LogP contribution in [0, 0.1) is 12.8 Å². The van der Waals surface area contributed by atoms with Gasteiger partial charge in [0, 0.05) is 30.6 Å². The predicted octanol–water partition coefficient (Wildman–Crippen LogP) is 3.92. The van der Waals surface area contributed by atoms with Crippen LogP contribution >= 0.6 is 11.3 Å². The molecule has 0 aliphatic carbocycles. The van der Waals surface area contributed by atoms with Crippen molar-refractivity contribution >= 4 is 17.2 Å². The Morgan fingerprint density at radius 2 is 2.24 bits per heavy atom. The van der Waals surface area contributed by atoms with Gasteiger partial charge in [0.1, 0.15) is 0 Å². The smallest absolute Gasteiger partial charge is 0.255 e. The second-order valence-electron chi connectivity index (χ2n) is 7.01. The largest absolute Gasteiger partial charge is 0.338 e. The van der Waals surface area contributed by atoms with Crippen LogP contribution in [-0.2, 0) is 0 Å². The highest BCUT2D eigenvalue weighted by Gasteiger charge is 2.28. The van der Waals surface area contributed by atoms with Crippen molar-refractivity contribution < 1.29 is 4.79 Å². The Morgan fingerprint density at radius 3 is 2.92 bits per heavy atom. The molecule has 0 N–H and O–H groups in total. The van der Waals surface area contributed by atoms with Crippen molar-refractivity contribution in [2.24, 2.45) is 5.92 Å². The number of rotatable bonds is 6. The van der Waals surface area contributed by atoms with E-state index in [1.54, 1.807) is 11.3 Å². The Bertz CT molecular complexity index is 714. The molecular weight excluding hydrogens is 330 g/mol. The molecule has 0 bridgehead atoms. The fraction of sp³-hybridized carbons (Fsp3) is 0.500. The van der Waals surface area contributed by atoms with E-state index >= 15 is 0 Å². The van der Waals surface area contributed by atoms with Crippen molar-refractivity contribution in [1.29, 1.82) is 0 Å². The van der Waals surface area contributed by atoms with Crippen molar-refractivity contribution in [1.82, 2.24) is 14.8 Å². The third kappa shape index (κ3) is 4.28. The molecule has 25 heavy (non-hydrogen) atoms. The second-order valence-corrected chi connectivity index (χ2v) is 7.79. The fourth-order valence-corrected chi connectivity index (χ4v) is 4.26. The van der Waals surface area contributed by atoms with Crippen LogP contribution in [0.25, 0.3) is 11.3 Å². The summed E-state index contributed by atoms with van der Waals surface area (Å²) in [6.45, 7) is 8.06. The first-order chi connectivity index (χ1) is 12.1. The average molecular weight is 358 g/mol. The molecule has 134 valence electrons. The predicted molar refractivity (Wildman–Crippen MR) is 104 cm³/mol. The van der Waals surface area contributed by atoms with Gasteiger partial charge in [0.15, 0.2) is 0 Å². The van der Waals surface area contributed by atoms with E-state index in [1.165, 1.54) is 6.42 Å². The Morgan fingerprint density at radius 1 is 1.40 bits per heavy atom. The first-order valence-electron chi connectivity index (χ1n) is 9.06. The van der Waals surface area contributed by atoms with Crippen LogP contribution in [-0.4, -0.2) is 53.9 Å². The topological polar surface area (TPSA) is 36.4 Å². The SMILES string of the molecule is CCCN(C)CC1CCN(C(=O)c2ccc(-c3ccsc3)nc2C)C1. The maximum Gasteiger partial charge on any atom is 0.255 e. The second kappa shape index (κ2) is 8.11. The summed E-state index contributed by atoms with van der Waals surface area (Å²) >= 11 is 1.66. The number of thiophene rings is 1. The first-order valence-corrected chi connectivity index (χ1v) is 10.0. The zero-order chi connectivity index (χ0) is 17.8. The molecule has 5 heteroatoms. The van der Waals surface area contributed by atoms with Gasteiger partial charge >= 0.3 is 0 Å². The van der Waals surface area contributed by atoms with Crippen molar-refractivity contribution in [2.75, 3.05) is 33.2 Å². The summed E-state index contributed by atoms with van der Waals surface area (Å²) in [4.78, 5) is 21.9. The number of hydrogen-bond donors (Lipinski definition) is 0. The molecule has 2 aromatic heterocycles. The van der Waals surface area contributed by atoms with Crippen molar-refractivity contribution in [2.45, 2.75) is 26.7 Å². The normalized spacial score (nSPS) is 17.4. The minimum absolute atomic E-state index is 0.127. The molecule has 3 heterocycles. The van der Waals surface area contributed by atoms with Crippen molar-refractivity contribution in [3.63, 3.8) is 0 Å². The Hall–Kier alpha value is -1.72. The van der Waals surface area contributed by atoms with E-state index in [-0.39, 0.29) is 5.91 Å². The van der Waals surface area contributed by atoms with Gasteiger partial charge in [-0.05, 0) is 62.9 Å². The summed E-state index contributed by atoms with van der Waals surface area (Å²) < 4.78 is 0. The van der Waals surface area contributed by atoms with E-state index in [9.17, 15) is 4.79 Å². The average Bonchev–Trinajstić information content (AvgIpc) is 3.26. The van der Waals surface area contributed by atoms with E-state index < -0.39 is 0 Å². The van der Waals surface area contributed by atoms with E-state index in [2.05, 4.69) is 35.3 Å². The van der Waals surface area contributed by atoms with E-state index in [4.69, 9.17) is 0 Å². The summed E-state index contributed by atoms with van der Waals surface area (Å²) in [7, 11) is 2.17. The maximum absolute atomic E-state index is 12.9. The number of carbonyl (C=O) groups excluding carboxylic acids is 1. The number of aryl methyl sites for hydroxylation is 1. The molecule has 1 unspecified atom stereocenters.